The molecule has 0 radical (unpaired) electrons. The summed E-state index contributed by atoms with van der Waals surface area (Å²) >= 11 is 17.5. The van der Waals surface area contributed by atoms with E-state index in [4.69, 9.17) is 45.3 Å². The molecule has 2 rings (SSSR count). The number of nitrogen functional groups attached to an aromatic ring is 1. The van der Waals surface area contributed by atoms with Crippen LogP contribution in [0.4, 0.5) is 5.82 Å². The first-order chi connectivity index (χ1) is 8.06. The van der Waals surface area contributed by atoms with Gasteiger partial charge in [0, 0.05) is 5.02 Å². The number of halogens is 3. The molecule has 17 heavy (non-hydrogen) atoms. The molecule has 0 unspecified atom stereocenters. The molecule has 0 bridgehead atoms. The van der Waals surface area contributed by atoms with Crippen molar-refractivity contribution >= 4 is 40.6 Å². The second kappa shape index (κ2) is 5.00. The summed E-state index contributed by atoms with van der Waals surface area (Å²) in [4.78, 5) is 3.95. The highest BCUT2D eigenvalue weighted by atomic mass is 35.5. The highest BCUT2D eigenvalue weighted by molar-refractivity contribution is 6.36. The van der Waals surface area contributed by atoms with E-state index in [1.165, 1.54) is 6.07 Å². The summed E-state index contributed by atoms with van der Waals surface area (Å²) in [5, 5.41) is 1.12. The zero-order valence-corrected chi connectivity index (χ0v) is 10.7. The fourth-order valence-corrected chi connectivity index (χ4v) is 1.75. The Morgan fingerprint density at radius 1 is 1.06 bits per heavy atom. The summed E-state index contributed by atoms with van der Waals surface area (Å²) in [7, 11) is 0. The molecule has 0 atom stereocenters. The van der Waals surface area contributed by atoms with Crippen molar-refractivity contribution in [2.24, 2.45) is 0 Å². The Morgan fingerprint density at radius 2 is 1.82 bits per heavy atom. The number of nitrogens with zero attached hydrogens (tertiary/aromatic N) is 1. The van der Waals surface area contributed by atoms with Gasteiger partial charge in [0.1, 0.15) is 16.6 Å². The fourth-order valence-electron chi connectivity index (χ4n) is 1.18. The zero-order valence-electron chi connectivity index (χ0n) is 8.45. The van der Waals surface area contributed by atoms with Crippen LogP contribution in [0, 0.1) is 0 Å². The summed E-state index contributed by atoms with van der Waals surface area (Å²) < 4.78 is 5.46. The first-order valence-electron chi connectivity index (χ1n) is 4.61. The fraction of sp³-hybridized carbons (Fsp3) is 0. The molecule has 1 aromatic heterocycles. The van der Waals surface area contributed by atoms with Gasteiger partial charge in [0.25, 0.3) is 0 Å². The van der Waals surface area contributed by atoms with Crippen molar-refractivity contribution in [3.8, 4) is 11.6 Å². The van der Waals surface area contributed by atoms with Gasteiger partial charge in [0.2, 0.25) is 5.88 Å². The number of aromatic nitrogens is 1. The van der Waals surface area contributed by atoms with Crippen molar-refractivity contribution in [3.05, 3.63) is 45.4 Å². The molecular formula is C11H7Cl3N2O. The number of pyridine rings is 1. The zero-order chi connectivity index (χ0) is 12.4. The van der Waals surface area contributed by atoms with Gasteiger partial charge in [-0.15, -0.1) is 0 Å². The van der Waals surface area contributed by atoms with Crippen LogP contribution in [0.1, 0.15) is 0 Å². The average Bonchev–Trinajstić information content (AvgIpc) is 2.26. The van der Waals surface area contributed by atoms with Crippen LogP contribution in [0.5, 0.6) is 11.6 Å². The summed E-state index contributed by atoms with van der Waals surface area (Å²) in [6.07, 6.45) is 0. The Bertz CT molecular complexity index is 560. The summed E-state index contributed by atoms with van der Waals surface area (Å²) in [6, 6.07) is 8.34. The molecule has 0 saturated heterocycles. The molecule has 0 aliphatic heterocycles. The van der Waals surface area contributed by atoms with E-state index >= 15 is 0 Å². The molecule has 6 heteroatoms. The van der Waals surface area contributed by atoms with Crippen LogP contribution in [-0.4, -0.2) is 4.98 Å². The largest absolute Gasteiger partial charge is 0.437 e. The van der Waals surface area contributed by atoms with Gasteiger partial charge < -0.3 is 10.5 Å². The third kappa shape index (κ3) is 2.94. The van der Waals surface area contributed by atoms with Crippen molar-refractivity contribution in [1.29, 1.82) is 0 Å². The minimum atomic E-state index is 0.160. The van der Waals surface area contributed by atoms with Gasteiger partial charge in [-0.3, -0.25) is 0 Å². The van der Waals surface area contributed by atoms with Crippen LogP contribution in [0.15, 0.2) is 30.3 Å². The highest BCUT2D eigenvalue weighted by Crippen LogP contribution is 2.32. The minimum absolute atomic E-state index is 0.160. The molecule has 0 saturated carbocycles. The van der Waals surface area contributed by atoms with Gasteiger partial charge in [0.05, 0.1) is 5.02 Å². The van der Waals surface area contributed by atoms with Gasteiger partial charge in [-0.05, 0) is 24.3 Å². The van der Waals surface area contributed by atoms with Crippen LogP contribution >= 0.6 is 34.8 Å². The van der Waals surface area contributed by atoms with Crippen molar-refractivity contribution in [1.82, 2.24) is 4.98 Å². The third-order valence-electron chi connectivity index (χ3n) is 1.94. The smallest absolute Gasteiger partial charge is 0.240 e. The number of nitrogens with two attached hydrogens (primary N) is 1. The summed E-state index contributed by atoms with van der Waals surface area (Å²) in [6.45, 7) is 0. The van der Waals surface area contributed by atoms with Gasteiger partial charge in [-0.25, -0.2) is 0 Å². The molecule has 88 valence electrons. The molecule has 1 aromatic carbocycles. The van der Waals surface area contributed by atoms with E-state index in [-0.39, 0.29) is 21.7 Å². The molecule has 0 aliphatic rings. The summed E-state index contributed by atoms with van der Waals surface area (Å²) in [5.41, 5.74) is 5.57. The van der Waals surface area contributed by atoms with E-state index in [9.17, 15) is 0 Å². The molecule has 1 heterocycles. The molecule has 0 amide bonds. The van der Waals surface area contributed by atoms with E-state index in [2.05, 4.69) is 4.98 Å². The first kappa shape index (κ1) is 12.3. The van der Waals surface area contributed by atoms with Crippen LogP contribution in [0.3, 0.4) is 0 Å². The lowest BCUT2D eigenvalue weighted by atomic mass is 10.3. The molecular weight excluding hydrogens is 282 g/mol. The van der Waals surface area contributed by atoms with Crippen molar-refractivity contribution in [3.63, 3.8) is 0 Å². The van der Waals surface area contributed by atoms with Crippen LogP contribution in [0.25, 0.3) is 0 Å². The van der Waals surface area contributed by atoms with Crippen LogP contribution in [0.2, 0.25) is 15.1 Å². The van der Waals surface area contributed by atoms with Crippen LogP contribution in [-0.2, 0) is 0 Å². The monoisotopic (exact) mass is 288 g/mol. The Morgan fingerprint density at radius 3 is 2.53 bits per heavy atom. The maximum atomic E-state index is 5.93. The lowest BCUT2D eigenvalue weighted by Crippen LogP contribution is -1.95. The Labute approximate surface area is 113 Å². The van der Waals surface area contributed by atoms with Gasteiger partial charge in [-0.1, -0.05) is 40.9 Å². The number of hydrogen-bond donors (Lipinski definition) is 1. The standard InChI is InChI=1S/C11H7Cl3N2O/c12-6-2-1-3-7(4-6)17-11-9(14)5-8(13)10(15)16-11/h1-5H,(H2,15,16). The molecule has 3 nitrogen and oxygen atoms in total. The first-order valence-corrected chi connectivity index (χ1v) is 5.74. The molecule has 0 fully saturated rings. The normalized spacial score (nSPS) is 10.3. The predicted molar refractivity (Wildman–Crippen MR) is 70.2 cm³/mol. The number of ether oxygens (including phenoxy) is 1. The Balaban J connectivity index is 2.33. The number of rotatable bonds is 2. The van der Waals surface area contributed by atoms with E-state index in [1.54, 1.807) is 24.3 Å². The van der Waals surface area contributed by atoms with E-state index in [0.717, 1.165) is 0 Å². The second-order valence-electron chi connectivity index (χ2n) is 3.20. The lowest BCUT2D eigenvalue weighted by Gasteiger charge is -2.08. The second-order valence-corrected chi connectivity index (χ2v) is 4.45. The van der Waals surface area contributed by atoms with Crippen LogP contribution < -0.4 is 10.5 Å². The predicted octanol–water partition coefficient (Wildman–Crippen LogP) is 4.42. The number of hydrogen-bond acceptors (Lipinski definition) is 3. The Kier molecular flexibility index (Phi) is 3.62. The quantitative estimate of drug-likeness (QED) is 0.890. The van der Waals surface area contributed by atoms with E-state index in [1.807, 2.05) is 0 Å². The van der Waals surface area contributed by atoms with Gasteiger partial charge in [-0.2, -0.15) is 4.98 Å². The Hall–Kier alpha value is -1.16. The molecule has 0 aliphatic carbocycles. The number of anilines is 1. The average molecular weight is 290 g/mol. The third-order valence-corrected chi connectivity index (χ3v) is 2.74. The lowest BCUT2D eigenvalue weighted by molar-refractivity contribution is 0.464. The highest BCUT2D eigenvalue weighted by Gasteiger charge is 2.09. The van der Waals surface area contributed by atoms with Gasteiger partial charge >= 0.3 is 0 Å². The van der Waals surface area contributed by atoms with E-state index in [0.29, 0.717) is 10.8 Å². The maximum Gasteiger partial charge on any atom is 0.240 e. The van der Waals surface area contributed by atoms with Crippen molar-refractivity contribution < 1.29 is 4.74 Å². The van der Waals surface area contributed by atoms with Crippen molar-refractivity contribution in [2.45, 2.75) is 0 Å². The van der Waals surface area contributed by atoms with Crippen molar-refractivity contribution in [2.75, 3.05) is 5.73 Å². The number of benzene rings is 1. The maximum absolute atomic E-state index is 5.93. The molecule has 2 N–H and O–H groups in total. The minimum Gasteiger partial charge on any atom is -0.437 e. The van der Waals surface area contributed by atoms with Gasteiger partial charge in [0.15, 0.2) is 0 Å². The topological polar surface area (TPSA) is 48.1 Å². The van der Waals surface area contributed by atoms with E-state index < -0.39 is 0 Å². The molecule has 2 aromatic rings. The summed E-state index contributed by atoms with van der Waals surface area (Å²) in [5.74, 6) is 0.873. The SMILES string of the molecule is Nc1nc(Oc2cccc(Cl)c2)c(Cl)cc1Cl. The molecule has 0 spiro atoms.